The van der Waals surface area contributed by atoms with Crippen LogP contribution in [0.2, 0.25) is 0 Å². The van der Waals surface area contributed by atoms with Crippen molar-refractivity contribution in [2.75, 3.05) is 7.11 Å². The van der Waals surface area contributed by atoms with E-state index in [0.717, 1.165) is 33.9 Å². The Balaban J connectivity index is 2.36. The lowest BCUT2D eigenvalue weighted by Crippen LogP contribution is -1.99. The van der Waals surface area contributed by atoms with Gasteiger partial charge < -0.3 is 9.14 Å². The fraction of sp³-hybridized carbons (Fsp3) is 0.222. The number of ether oxygens (including phenoxy) is 1. The molecule has 110 valence electrons. The zero-order chi connectivity index (χ0) is 15.7. The van der Waals surface area contributed by atoms with Gasteiger partial charge in [-0.15, -0.1) is 0 Å². The van der Waals surface area contributed by atoms with Crippen LogP contribution in [0.25, 0.3) is 16.9 Å². The van der Waals surface area contributed by atoms with Crippen molar-refractivity contribution in [3.63, 3.8) is 0 Å². The molecule has 0 aliphatic rings. The molecule has 0 N–H and O–H groups in total. The van der Waals surface area contributed by atoms with Crippen LogP contribution in [-0.4, -0.2) is 16.5 Å². The molecule has 0 aliphatic heterocycles. The Hall–Kier alpha value is -2.80. The molecule has 4 nitrogen and oxygen atoms in total. The summed E-state index contributed by atoms with van der Waals surface area (Å²) in [5, 5.41) is 9.41. The number of hydrogen-bond donors (Lipinski definition) is 0. The van der Waals surface area contributed by atoms with Gasteiger partial charge in [-0.1, -0.05) is 18.2 Å². The Kier molecular flexibility index (Phi) is 3.56. The zero-order valence-electron chi connectivity index (χ0n) is 12.9. The lowest BCUT2D eigenvalue weighted by molar-refractivity contribution is 0.416. The van der Waals surface area contributed by atoms with Gasteiger partial charge in [-0.3, -0.25) is 0 Å². The summed E-state index contributed by atoms with van der Waals surface area (Å²) in [7, 11) is 1.65. The first-order valence-corrected chi connectivity index (χ1v) is 7.17. The minimum Gasteiger partial charge on any atom is -0.496 e. The third kappa shape index (κ3) is 2.21. The first-order chi connectivity index (χ1) is 10.7. The van der Waals surface area contributed by atoms with Crippen LogP contribution >= 0.6 is 0 Å². The molecular weight excluding hydrogens is 274 g/mol. The van der Waals surface area contributed by atoms with Crippen LogP contribution in [0.5, 0.6) is 5.75 Å². The van der Waals surface area contributed by atoms with Gasteiger partial charge in [-0.05, 0) is 37.6 Å². The fourth-order valence-electron chi connectivity index (χ4n) is 2.68. The summed E-state index contributed by atoms with van der Waals surface area (Å²) in [6, 6.07) is 14.1. The Labute approximate surface area is 129 Å². The average molecular weight is 291 g/mol. The van der Waals surface area contributed by atoms with Crippen LogP contribution in [-0.2, 0) is 0 Å². The van der Waals surface area contributed by atoms with E-state index in [1.807, 2.05) is 60.8 Å². The van der Waals surface area contributed by atoms with E-state index in [4.69, 9.17) is 9.72 Å². The maximum atomic E-state index is 9.41. The first kappa shape index (κ1) is 14.2. The van der Waals surface area contributed by atoms with Crippen molar-refractivity contribution in [1.29, 1.82) is 5.26 Å². The van der Waals surface area contributed by atoms with Crippen LogP contribution < -0.4 is 4.74 Å². The van der Waals surface area contributed by atoms with Gasteiger partial charge in [0.25, 0.3) is 0 Å². The van der Waals surface area contributed by atoms with Crippen LogP contribution in [0.1, 0.15) is 24.1 Å². The maximum absolute atomic E-state index is 9.41. The van der Waals surface area contributed by atoms with Gasteiger partial charge in [-0.2, -0.15) is 5.26 Å². The van der Waals surface area contributed by atoms with Crippen LogP contribution in [0.15, 0.2) is 42.6 Å². The molecule has 1 atom stereocenters. The minimum absolute atomic E-state index is 0.267. The molecule has 2 aromatic heterocycles. The standard InChI is InChI=1S/C18H17N3O/c1-12-8-9-16-20-17(14-6-4-5-7-15(14)22-3)18(13(2)10-19)21(16)11-12/h4-9,11,13H,1-3H3. The molecule has 0 radical (unpaired) electrons. The number of fused-ring (bicyclic) bond motifs is 1. The summed E-state index contributed by atoms with van der Waals surface area (Å²) in [6.45, 7) is 3.92. The molecule has 0 saturated heterocycles. The van der Waals surface area contributed by atoms with Gasteiger partial charge >= 0.3 is 0 Å². The number of nitrogens with zero attached hydrogens (tertiary/aromatic N) is 3. The summed E-state index contributed by atoms with van der Waals surface area (Å²) in [5.74, 6) is 0.491. The summed E-state index contributed by atoms with van der Waals surface area (Å²) >= 11 is 0. The number of aromatic nitrogens is 2. The van der Waals surface area contributed by atoms with Crippen LogP contribution in [0.4, 0.5) is 0 Å². The van der Waals surface area contributed by atoms with Gasteiger partial charge in [-0.25, -0.2) is 4.98 Å². The fourth-order valence-corrected chi connectivity index (χ4v) is 2.68. The molecule has 22 heavy (non-hydrogen) atoms. The van der Waals surface area contributed by atoms with Gasteiger partial charge in [0.05, 0.1) is 30.5 Å². The second-order valence-electron chi connectivity index (χ2n) is 5.33. The second-order valence-corrected chi connectivity index (χ2v) is 5.33. The Morgan fingerprint density at radius 1 is 1.23 bits per heavy atom. The smallest absolute Gasteiger partial charge is 0.137 e. The van der Waals surface area contributed by atoms with Crippen molar-refractivity contribution in [3.8, 4) is 23.1 Å². The molecule has 0 bridgehead atoms. The van der Waals surface area contributed by atoms with E-state index in [1.165, 1.54) is 0 Å². The number of aryl methyl sites for hydroxylation is 1. The zero-order valence-corrected chi connectivity index (χ0v) is 12.9. The van der Waals surface area contributed by atoms with Gasteiger partial charge in [0.1, 0.15) is 11.4 Å². The summed E-state index contributed by atoms with van der Waals surface area (Å²) in [4.78, 5) is 4.73. The maximum Gasteiger partial charge on any atom is 0.137 e. The number of para-hydroxylation sites is 1. The summed E-state index contributed by atoms with van der Waals surface area (Å²) in [6.07, 6.45) is 2.02. The molecule has 3 rings (SSSR count). The number of methoxy groups -OCH3 is 1. The highest BCUT2D eigenvalue weighted by molar-refractivity contribution is 5.73. The van der Waals surface area contributed by atoms with E-state index in [-0.39, 0.29) is 5.92 Å². The topological polar surface area (TPSA) is 50.3 Å². The average Bonchev–Trinajstić information content (AvgIpc) is 2.92. The van der Waals surface area contributed by atoms with Crippen molar-refractivity contribution in [2.45, 2.75) is 19.8 Å². The highest BCUT2D eigenvalue weighted by Crippen LogP contribution is 2.35. The Morgan fingerprint density at radius 3 is 2.73 bits per heavy atom. The van der Waals surface area contributed by atoms with Crippen LogP contribution in [0.3, 0.4) is 0 Å². The highest BCUT2D eigenvalue weighted by Gasteiger charge is 2.21. The van der Waals surface area contributed by atoms with E-state index < -0.39 is 0 Å². The molecule has 1 aromatic carbocycles. The summed E-state index contributed by atoms with van der Waals surface area (Å²) < 4.78 is 7.46. The van der Waals surface area contributed by atoms with Crippen molar-refractivity contribution >= 4 is 5.65 Å². The van der Waals surface area contributed by atoms with Crippen molar-refractivity contribution in [1.82, 2.24) is 9.38 Å². The number of imidazole rings is 1. The monoisotopic (exact) mass is 291 g/mol. The van der Waals surface area contributed by atoms with Gasteiger partial charge in [0.2, 0.25) is 0 Å². The molecule has 4 heteroatoms. The van der Waals surface area contributed by atoms with E-state index in [1.54, 1.807) is 7.11 Å². The molecule has 0 amide bonds. The lowest BCUT2D eigenvalue weighted by Gasteiger charge is -2.10. The van der Waals surface area contributed by atoms with E-state index in [2.05, 4.69) is 6.07 Å². The van der Waals surface area contributed by atoms with Crippen LogP contribution in [0, 0.1) is 18.3 Å². The molecule has 1 unspecified atom stereocenters. The van der Waals surface area contributed by atoms with Gasteiger partial charge in [0, 0.05) is 11.8 Å². The second kappa shape index (κ2) is 5.53. The Bertz CT molecular complexity index is 874. The largest absolute Gasteiger partial charge is 0.496 e. The molecule has 0 fully saturated rings. The first-order valence-electron chi connectivity index (χ1n) is 7.17. The predicted molar refractivity (Wildman–Crippen MR) is 85.9 cm³/mol. The van der Waals surface area contributed by atoms with Gasteiger partial charge in [0.15, 0.2) is 0 Å². The predicted octanol–water partition coefficient (Wildman–Crippen LogP) is 3.95. The highest BCUT2D eigenvalue weighted by atomic mass is 16.5. The molecule has 0 spiro atoms. The third-order valence-electron chi connectivity index (χ3n) is 3.77. The molecule has 0 aliphatic carbocycles. The SMILES string of the molecule is COc1ccccc1-c1nc2ccc(C)cn2c1C(C)C#N. The number of pyridine rings is 1. The number of nitriles is 1. The normalized spacial score (nSPS) is 12.1. The quantitative estimate of drug-likeness (QED) is 0.734. The molecule has 2 heterocycles. The van der Waals surface area contributed by atoms with E-state index in [9.17, 15) is 5.26 Å². The van der Waals surface area contributed by atoms with E-state index >= 15 is 0 Å². The lowest BCUT2D eigenvalue weighted by atomic mass is 10.0. The number of hydrogen-bond acceptors (Lipinski definition) is 3. The molecule has 3 aromatic rings. The minimum atomic E-state index is -0.267. The van der Waals surface area contributed by atoms with Crippen molar-refractivity contribution < 1.29 is 4.74 Å². The Morgan fingerprint density at radius 2 is 2.00 bits per heavy atom. The molecule has 0 saturated carbocycles. The summed E-state index contributed by atoms with van der Waals surface area (Å²) in [5.41, 5.74) is 4.57. The van der Waals surface area contributed by atoms with Crippen molar-refractivity contribution in [3.05, 3.63) is 53.9 Å². The molecular formula is C18H17N3O. The number of benzene rings is 1. The van der Waals surface area contributed by atoms with Crippen molar-refractivity contribution in [2.24, 2.45) is 0 Å². The van der Waals surface area contributed by atoms with E-state index in [0.29, 0.717) is 0 Å². The third-order valence-corrected chi connectivity index (χ3v) is 3.77. The number of rotatable bonds is 3.